The van der Waals surface area contributed by atoms with Crippen molar-refractivity contribution < 1.29 is 14.4 Å². The lowest BCUT2D eigenvalue weighted by Gasteiger charge is -2.31. The van der Waals surface area contributed by atoms with Crippen LogP contribution in [0.1, 0.15) is 44.2 Å². The predicted octanol–water partition coefficient (Wildman–Crippen LogP) is 1.38. The molecule has 2 rings (SSSR count). The van der Waals surface area contributed by atoms with E-state index < -0.39 is 5.60 Å². The van der Waals surface area contributed by atoms with Crippen molar-refractivity contribution in [1.29, 1.82) is 0 Å². The summed E-state index contributed by atoms with van der Waals surface area (Å²) in [6.45, 7) is 0.353. The summed E-state index contributed by atoms with van der Waals surface area (Å²) in [5.74, 6) is -0.127. The number of hydrogen-bond donors (Lipinski definition) is 2. The molecule has 17 heavy (non-hydrogen) atoms. The van der Waals surface area contributed by atoms with Crippen molar-refractivity contribution in [2.75, 3.05) is 0 Å². The topological polar surface area (TPSA) is 75.4 Å². The number of aromatic nitrogens is 1. The molecular formula is C12H18N2O3. The van der Waals surface area contributed by atoms with E-state index >= 15 is 0 Å². The highest BCUT2D eigenvalue weighted by atomic mass is 16.5. The fraction of sp³-hybridized carbons (Fsp3) is 0.667. The highest BCUT2D eigenvalue weighted by Gasteiger charge is 2.31. The van der Waals surface area contributed by atoms with Crippen molar-refractivity contribution in [3.05, 3.63) is 18.0 Å². The molecule has 1 aromatic heterocycles. The number of hydrogen-bond acceptors (Lipinski definition) is 4. The number of nitrogens with one attached hydrogen (secondary N) is 1. The molecule has 0 atom stereocenters. The zero-order valence-electron chi connectivity index (χ0n) is 9.82. The number of aliphatic hydroxyl groups is 1. The van der Waals surface area contributed by atoms with Gasteiger partial charge < -0.3 is 14.9 Å². The molecule has 0 aromatic carbocycles. The van der Waals surface area contributed by atoms with Gasteiger partial charge in [0, 0.05) is 6.07 Å². The Morgan fingerprint density at radius 2 is 2.24 bits per heavy atom. The maximum Gasteiger partial charge on any atom is 0.223 e. The SMILES string of the molecule is O=C(CC1(O)CCCCC1)NCc1ccon1. The van der Waals surface area contributed by atoms with Gasteiger partial charge in [0.1, 0.15) is 12.0 Å². The number of carbonyl (C=O) groups is 1. The second kappa shape index (κ2) is 5.31. The quantitative estimate of drug-likeness (QED) is 0.830. The lowest BCUT2D eigenvalue weighted by Crippen LogP contribution is -2.38. The van der Waals surface area contributed by atoms with E-state index in [1.807, 2.05) is 0 Å². The largest absolute Gasteiger partial charge is 0.389 e. The summed E-state index contributed by atoms with van der Waals surface area (Å²) in [5, 5.41) is 16.6. The first kappa shape index (κ1) is 12.1. The van der Waals surface area contributed by atoms with Crippen LogP contribution in [-0.4, -0.2) is 21.8 Å². The van der Waals surface area contributed by atoms with E-state index in [-0.39, 0.29) is 12.3 Å². The summed E-state index contributed by atoms with van der Waals surface area (Å²) in [6, 6.07) is 1.70. The molecule has 1 aliphatic carbocycles. The maximum atomic E-state index is 11.7. The lowest BCUT2D eigenvalue weighted by atomic mass is 9.82. The Bertz CT molecular complexity index is 356. The van der Waals surface area contributed by atoms with E-state index in [0.29, 0.717) is 12.2 Å². The van der Waals surface area contributed by atoms with Crippen LogP contribution in [0.15, 0.2) is 16.9 Å². The monoisotopic (exact) mass is 238 g/mol. The first-order valence-electron chi connectivity index (χ1n) is 6.06. The normalized spacial score (nSPS) is 18.9. The molecule has 5 nitrogen and oxygen atoms in total. The fourth-order valence-corrected chi connectivity index (χ4v) is 2.27. The molecule has 1 heterocycles. The molecule has 2 N–H and O–H groups in total. The van der Waals surface area contributed by atoms with Crippen molar-refractivity contribution in [1.82, 2.24) is 10.5 Å². The van der Waals surface area contributed by atoms with Crippen LogP contribution in [0, 0.1) is 0 Å². The van der Waals surface area contributed by atoms with Crippen LogP contribution in [0.4, 0.5) is 0 Å². The predicted molar refractivity (Wildman–Crippen MR) is 61.0 cm³/mol. The van der Waals surface area contributed by atoms with Gasteiger partial charge in [0.15, 0.2) is 0 Å². The van der Waals surface area contributed by atoms with Gasteiger partial charge in [-0.05, 0) is 12.8 Å². The van der Waals surface area contributed by atoms with Gasteiger partial charge in [-0.25, -0.2) is 0 Å². The summed E-state index contributed by atoms with van der Waals surface area (Å²) < 4.78 is 4.67. The van der Waals surface area contributed by atoms with Crippen LogP contribution in [0.25, 0.3) is 0 Å². The lowest BCUT2D eigenvalue weighted by molar-refractivity contribution is -0.127. The van der Waals surface area contributed by atoms with Gasteiger partial charge in [-0.3, -0.25) is 4.79 Å². The number of amides is 1. The fourth-order valence-electron chi connectivity index (χ4n) is 2.27. The van der Waals surface area contributed by atoms with Crippen LogP contribution < -0.4 is 5.32 Å². The highest BCUT2D eigenvalue weighted by molar-refractivity contribution is 5.76. The van der Waals surface area contributed by atoms with Gasteiger partial charge in [0.05, 0.1) is 18.6 Å². The minimum absolute atomic E-state index is 0.127. The first-order chi connectivity index (χ1) is 8.18. The Balaban J connectivity index is 1.76. The van der Waals surface area contributed by atoms with Crippen molar-refractivity contribution in [3.63, 3.8) is 0 Å². The van der Waals surface area contributed by atoms with E-state index in [1.165, 1.54) is 6.26 Å². The Labute approximate surface area is 100 Å². The maximum absolute atomic E-state index is 11.7. The highest BCUT2D eigenvalue weighted by Crippen LogP contribution is 2.30. The molecule has 1 fully saturated rings. The molecule has 1 aliphatic rings. The molecule has 94 valence electrons. The van der Waals surface area contributed by atoms with Crippen LogP contribution in [-0.2, 0) is 11.3 Å². The molecule has 5 heteroatoms. The molecule has 1 saturated carbocycles. The van der Waals surface area contributed by atoms with E-state index in [1.54, 1.807) is 6.07 Å². The summed E-state index contributed by atoms with van der Waals surface area (Å²) in [6.07, 6.45) is 6.28. The molecule has 0 bridgehead atoms. The second-order valence-electron chi connectivity index (χ2n) is 4.73. The zero-order chi connectivity index (χ0) is 12.1. The second-order valence-corrected chi connectivity index (χ2v) is 4.73. The molecule has 1 amide bonds. The van der Waals surface area contributed by atoms with Crippen molar-refractivity contribution >= 4 is 5.91 Å². The Morgan fingerprint density at radius 1 is 1.47 bits per heavy atom. The summed E-state index contributed by atoms with van der Waals surface area (Å²) >= 11 is 0. The molecule has 0 saturated heterocycles. The third kappa shape index (κ3) is 3.56. The van der Waals surface area contributed by atoms with E-state index in [9.17, 15) is 9.90 Å². The standard InChI is InChI=1S/C12H18N2O3/c15-11(13-9-10-4-7-17-14-10)8-12(16)5-2-1-3-6-12/h4,7,16H,1-3,5-6,8-9H2,(H,13,15). The minimum atomic E-state index is -0.799. The van der Waals surface area contributed by atoms with Crippen molar-refractivity contribution in [2.24, 2.45) is 0 Å². The molecule has 0 spiro atoms. The summed E-state index contributed by atoms with van der Waals surface area (Å²) in [7, 11) is 0. The number of carbonyl (C=O) groups excluding carboxylic acids is 1. The Kier molecular flexibility index (Phi) is 3.78. The average molecular weight is 238 g/mol. The van der Waals surface area contributed by atoms with Crippen LogP contribution in [0.2, 0.25) is 0 Å². The minimum Gasteiger partial charge on any atom is -0.389 e. The number of nitrogens with zero attached hydrogens (tertiary/aromatic N) is 1. The molecule has 0 radical (unpaired) electrons. The van der Waals surface area contributed by atoms with Gasteiger partial charge in [0.25, 0.3) is 0 Å². The van der Waals surface area contributed by atoms with E-state index in [0.717, 1.165) is 32.1 Å². The van der Waals surface area contributed by atoms with Crippen molar-refractivity contribution in [3.8, 4) is 0 Å². The van der Waals surface area contributed by atoms with Gasteiger partial charge in [0.2, 0.25) is 5.91 Å². The van der Waals surface area contributed by atoms with Gasteiger partial charge in [-0.2, -0.15) is 0 Å². The van der Waals surface area contributed by atoms with Crippen LogP contribution in [0.3, 0.4) is 0 Å². The molecule has 0 unspecified atom stereocenters. The van der Waals surface area contributed by atoms with Crippen LogP contribution >= 0.6 is 0 Å². The first-order valence-corrected chi connectivity index (χ1v) is 6.06. The van der Waals surface area contributed by atoms with E-state index in [2.05, 4.69) is 15.0 Å². The molecule has 1 aromatic rings. The average Bonchev–Trinajstić information content (AvgIpc) is 2.79. The van der Waals surface area contributed by atoms with Gasteiger partial charge in [-0.15, -0.1) is 0 Å². The Hall–Kier alpha value is -1.36. The summed E-state index contributed by atoms with van der Waals surface area (Å²) in [5.41, 5.74) is -0.111. The van der Waals surface area contributed by atoms with Crippen molar-refractivity contribution in [2.45, 2.75) is 50.7 Å². The van der Waals surface area contributed by atoms with Gasteiger partial charge >= 0.3 is 0 Å². The van der Waals surface area contributed by atoms with Gasteiger partial charge in [-0.1, -0.05) is 24.4 Å². The molecular weight excluding hydrogens is 220 g/mol. The third-order valence-corrected chi connectivity index (χ3v) is 3.23. The third-order valence-electron chi connectivity index (χ3n) is 3.23. The van der Waals surface area contributed by atoms with E-state index in [4.69, 9.17) is 0 Å². The zero-order valence-corrected chi connectivity index (χ0v) is 9.82. The molecule has 0 aliphatic heterocycles. The summed E-state index contributed by atoms with van der Waals surface area (Å²) in [4.78, 5) is 11.7. The smallest absolute Gasteiger partial charge is 0.223 e. The van der Waals surface area contributed by atoms with Crippen LogP contribution in [0.5, 0.6) is 0 Å². The Morgan fingerprint density at radius 3 is 2.88 bits per heavy atom. The number of rotatable bonds is 4.